The van der Waals surface area contributed by atoms with Gasteiger partial charge in [0.1, 0.15) is 22.9 Å². The van der Waals surface area contributed by atoms with Crippen LogP contribution in [0.1, 0.15) is 32.1 Å². The van der Waals surface area contributed by atoms with E-state index < -0.39 is 11.6 Å². The van der Waals surface area contributed by atoms with Crippen LogP contribution in [0.25, 0.3) is 33.1 Å². The fraction of sp³-hybridized carbons (Fsp3) is 0. The molecule has 4 aromatic carbocycles. The van der Waals surface area contributed by atoms with Crippen LogP contribution in [0, 0.1) is 0 Å². The van der Waals surface area contributed by atoms with Crippen LogP contribution >= 0.6 is 0 Å². The fourth-order valence-corrected chi connectivity index (χ4v) is 3.97. The van der Waals surface area contributed by atoms with Gasteiger partial charge >= 0.3 is 0 Å². The van der Waals surface area contributed by atoms with Gasteiger partial charge in [-0.1, -0.05) is 78.9 Å². The number of allylic oxidation sites excluding steroid dienone is 2. The van der Waals surface area contributed by atoms with Crippen molar-refractivity contribution < 1.29 is 19.8 Å². The summed E-state index contributed by atoms with van der Waals surface area (Å²) in [6, 6.07) is 30.7. The summed E-state index contributed by atoms with van der Waals surface area (Å²) in [6.07, 6.45) is 2.17. The molecule has 0 aliphatic carbocycles. The quantitative estimate of drug-likeness (QED) is 0.159. The number of hydrogen-bond acceptors (Lipinski definition) is 5. The third-order valence-corrected chi connectivity index (χ3v) is 5.88. The van der Waals surface area contributed by atoms with E-state index in [4.69, 9.17) is 0 Å². The average Bonchev–Trinajstić information content (AvgIpc) is 2.92. The summed E-state index contributed by atoms with van der Waals surface area (Å²) in [4.78, 5) is 29.7. The van der Waals surface area contributed by atoms with Crippen molar-refractivity contribution in [3.63, 3.8) is 0 Å². The monoisotopic (exact) mass is 471 g/mol. The minimum Gasteiger partial charge on any atom is -0.507 e. The molecule has 0 aliphatic rings. The Kier molecular flexibility index (Phi) is 6.12. The molecule has 5 nitrogen and oxygen atoms in total. The van der Waals surface area contributed by atoms with E-state index in [9.17, 15) is 19.8 Å². The Morgan fingerprint density at radius 2 is 0.944 bits per heavy atom. The molecule has 5 aromatic rings. The van der Waals surface area contributed by atoms with Crippen molar-refractivity contribution in [1.82, 2.24) is 4.98 Å². The van der Waals surface area contributed by atoms with Gasteiger partial charge < -0.3 is 10.2 Å². The molecule has 0 spiro atoms. The molecular weight excluding hydrogens is 450 g/mol. The molecule has 0 saturated heterocycles. The predicted octanol–water partition coefficient (Wildman–Crippen LogP) is 6.95. The van der Waals surface area contributed by atoms with Crippen LogP contribution in [0.2, 0.25) is 0 Å². The van der Waals surface area contributed by atoms with Gasteiger partial charge in [0.15, 0.2) is 0 Å². The number of aliphatic hydroxyl groups excluding tert-OH is 2. The Morgan fingerprint density at radius 1 is 0.528 bits per heavy atom. The number of benzene rings is 4. The molecule has 1 aromatic heterocycles. The first-order chi connectivity index (χ1) is 17.5. The average molecular weight is 472 g/mol. The molecule has 0 unspecified atom stereocenters. The number of carbonyl (C=O) groups is 2. The summed E-state index contributed by atoms with van der Waals surface area (Å²) in [7, 11) is 0. The van der Waals surface area contributed by atoms with E-state index in [1.54, 1.807) is 24.3 Å². The minimum absolute atomic E-state index is 0.00628. The Morgan fingerprint density at radius 3 is 1.39 bits per heavy atom. The molecular formula is C31H21NO4. The van der Waals surface area contributed by atoms with Gasteiger partial charge in [-0.2, -0.15) is 0 Å². The van der Waals surface area contributed by atoms with Gasteiger partial charge in [-0.15, -0.1) is 0 Å². The van der Waals surface area contributed by atoms with Gasteiger partial charge in [0.05, 0.1) is 0 Å². The molecule has 0 bridgehead atoms. The van der Waals surface area contributed by atoms with Crippen LogP contribution in [0.4, 0.5) is 0 Å². The Balaban J connectivity index is 1.37. The van der Waals surface area contributed by atoms with Crippen LogP contribution in [-0.2, 0) is 0 Å². The molecule has 0 radical (unpaired) electrons. The Bertz CT molecular complexity index is 1580. The van der Waals surface area contributed by atoms with E-state index >= 15 is 0 Å². The lowest BCUT2D eigenvalue weighted by atomic mass is 10.0. The Labute approximate surface area is 207 Å². The molecule has 2 N–H and O–H groups in total. The number of pyridine rings is 1. The fourth-order valence-electron chi connectivity index (χ4n) is 3.97. The van der Waals surface area contributed by atoms with Crippen LogP contribution in [0.3, 0.4) is 0 Å². The normalized spacial score (nSPS) is 12.1. The molecule has 0 atom stereocenters. The highest BCUT2D eigenvalue weighted by Crippen LogP contribution is 2.22. The van der Waals surface area contributed by atoms with Gasteiger partial charge in [0.2, 0.25) is 11.6 Å². The number of hydrogen-bond donors (Lipinski definition) is 2. The predicted molar refractivity (Wildman–Crippen MR) is 142 cm³/mol. The summed E-state index contributed by atoms with van der Waals surface area (Å²) in [5.74, 6) is -1.48. The second-order valence-corrected chi connectivity index (χ2v) is 8.32. The summed E-state index contributed by atoms with van der Waals surface area (Å²) >= 11 is 0. The number of nitrogens with zero attached hydrogens (tertiary/aromatic N) is 1. The maximum Gasteiger partial charge on any atom is 0.207 e. The summed E-state index contributed by atoms with van der Waals surface area (Å²) in [5, 5.41) is 24.9. The van der Waals surface area contributed by atoms with E-state index in [1.807, 2.05) is 60.7 Å². The molecule has 174 valence electrons. The van der Waals surface area contributed by atoms with Gasteiger partial charge in [0, 0.05) is 23.3 Å². The number of aromatic nitrogens is 1. The lowest BCUT2D eigenvalue weighted by molar-refractivity contribution is 0.103. The molecule has 0 fully saturated rings. The van der Waals surface area contributed by atoms with Gasteiger partial charge in [0.25, 0.3) is 0 Å². The van der Waals surface area contributed by atoms with Crippen LogP contribution < -0.4 is 0 Å². The first-order valence-corrected chi connectivity index (χ1v) is 11.3. The van der Waals surface area contributed by atoms with Crippen LogP contribution in [-0.4, -0.2) is 26.8 Å². The van der Waals surface area contributed by atoms with Crippen molar-refractivity contribution in [3.8, 4) is 0 Å². The van der Waals surface area contributed by atoms with Crippen molar-refractivity contribution in [1.29, 1.82) is 0 Å². The largest absolute Gasteiger partial charge is 0.507 e. The smallest absolute Gasteiger partial charge is 0.207 e. The molecule has 0 amide bonds. The zero-order valence-electron chi connectivity index (χ0n) is 19.1. The van der Waals surface area contributed by atoms with Crippen LogP contribution in [0.5, 0.6) is 0 Å². The molecule has 0 saturated carbocycles. The first kappa shape index (κ1) is 22.7. The lowest BCUT2D eigenvalue weighted by Gasteiger charge is -2.05. The third kappa shape index (κ3) is 4.76. The van der Waals surface area contributed by atoms with Crippen LogP contribution in [0.15, 0.2) is 115 Å². The molecule has 36 heavy (non-hydrogen) atoms. The van der Waals surface area contributed by atoms with Gasteiger partial charge in [-0.3, -0.25) is 9.59 Å². The summed E-state index contributed by atoms with van der Waals surface area (Å²) in [6.45, 7) is 0. The molecule has 1 heterocycles. The number of aliphatic hydroxyl groups is 2. The second kappa shape index (κ2) is 9.68. The van der Waals surface area contributed by atoms with E-state index in [0.717, 1.165) is 33.7 Å². The second-order valence-electron chi connectivity index (χ2n) is 8.32. The Hall–Kier alpha value is -5.03. The third-order valence-electron chi connectivity index (χ3n) is 5.88. The standard InChI is InChI=1S/C31H21NO4/c33-28(24-14-12-20-6-1-3-8-22(20)16-24)18-30(35)26-10-5-11-27(32-26)31(36)19-29(34)25-15-13-21-7-2-4-9-23(21)17-25/h1-19,33-34H/b28-18-,29-19?. The van der Waals surface area contributed by atoms with E-state index in [1.165, 1.54) is 18.2 Å². The number of ketones is 2. The lowest BCUT2D eigenvalue weighted by Crippen LogP contribution is -2.06. The SMILES string of the molecule is O=C(C=C(O)c1ccc2ccccc2c1)c1cccc(C(=O)/C=C(\O)c2ccc3ccccc3c2)n1. The molecule has 5 heteroatoms. The highest BCUT2D eigenvalue weighted by atomic mass is 16.3. The zero-order chi connectivity index (χ0) is 25.1. The minimum atomic E-state index is -0.543. The van der Waals surface area contributed by atoms with Crippen molar-refractivity contribution >= 4 is 44.6 Å². The molecule has 5 rings (SSSR count). The number of rotatable bonds is 6. The van der Waals surface area contributed by atoms with Gasteiger partial charge in [-0.05, 0) is 45.8 Å². The maximum absolute atomic E-state index is 12.8. The summed E-state index contributed by atoms with van der Waals surface area (Å²) < 4.78 is 0. The van der Waals surface area contributed by atoms with E-state index in [0.29, 0.717) is 11.1 Å². The maximum atomic E-state index is 12.8. The topological polar surface area (TPSA) is 87.5 Å². The number of carbonyl (C=O) groups excluding carboxylic acids is 2. The van der Waals surface area contributed by atoms with E-state index in [2.05, 4.69) is 4.98 Å². The zero-order valence-corrected chi connectivity index (χ0v) is 19.1. The highest BCUT2D eigenvalue weighted by molar-refractivity contribution is 6.10. The highest BCUT2D eigenvalue weighted by Gasteiger charge is 2.13. The van der Waals surface area contributed by atoms with Crippen molar-refractivity contribution in [2.75, 3.05) is 0 Å². The number of fused-ring (bicyclic) bond motifs is 2. The van der Waals surface area contributed by atoms with Crippen molar-refractivity contribution in [2.24, 2.45) is 0 Å². The van der Waals surface area contributed by atoms with Crippen molar-refractivity contribution in [2.45, 2.75) is 0 Å². The van der Waals surface area contributed by atoms with Gasteiger partial charge in [-0.25, -0.2) is 4.98 Å². The van der Waals surface area contributed by atoms with E-state index in [-0.39, 0.29) is 22.9 Å². The summed E-state index contributed by atoms with van der Waals surface area (Å²) in [5.41, 5.74) is 1.01. The first-order valence-electron chi connectivity index (χ1n) is 11.3. The molecule has 0 aliphatic heterocycles. The van der Waals surface area contributed by atoms with Crippen molar-refractivity contribution in [3.05, 3.63) is 138 Å².